The molecule has 0 saturated heterocycles. The number of benzene rings is 2. The fourth-order valence-electron chi connectivity index (χ4n) is 1.97. The Morgan fingerprint density at radius 1 is 1.28 bits per heavy atom. The van der Waals surface area contributed by atoms with Crippen molar-refractivity contribution in [3.05, 3.63) is 50.4 Å². The lowest BCUT2D eigenvalue weighted by molar-refractivity contribution is 0.252. The van der Waals surface area contributed by atoms with E-state index in [4.69, 9.17) is 4.74 Å². The van der Waals surface area contributed by atoms with Crippen molar-refractivity contribution in [1.82, 2.24) is 5.43 Å². The van der Waals surface area contributed by atoms with Crippen molar-refractivity contribution in [2.75, 3.05) is 11.9 Å². The summed E-state index contributed by atoms with van der Waals surface area (Å²) >= 11 is 6.74. The van der Waals surface area contributed by atoms with Crippen LogP contribution in [0, 0.1) is 6.92 Å². The number of urea groups is 1. The Morgan fingerprint density at radius 3 is 2.72 bits per heavy atom. The molecule has 2 amide bonds. The second-order valence-electron chi connectivity index (χ2n) is 5.06. The van der Waals surface area contributed by atoms with E-state index in [1.165, 1.54) is 12.3 Å². The number of halogens is 2. The molecule has 3 N–H and O–H groups in total. The van der Waals surface area contributed by atoms with Gasteiger partial charge in [-0.25, -0.2) is 10.2 Å². The van der Waals surface area contributed by atoms with E-state index in [1.807, 2.05) is 26.0 Å². The number of carbonyl (C=O) groups is 1. The number of anilines is 1. The average Bonchev–Trinajstić information content (AvgIpc) is 2.55. The fourth-order valence-corrected chi connectivity index (χ4v) is 2.65. The monoisotopic (exact) mass is 469 g/mol. The quantitative estimate of drug-likeness (QED) is 0.434. The molecule has 0 saturated carbocycles. The summed E-state index contributed by atoms with van der Waals surface area (Å²) in [5, 5.41) is 16.4. The maximum Gasteiger partial charge on any atom is 0.339 e. The first-order chi connectivity index (χ1) is 11.9. The molecule has 2 aromatic rings. The van der Waals surface area contributed by atoms with Gasteiger partial charge >= 0.3 is 6.03 Å². The number of hydrazone groups is 1. The van der Waals surface area contributed by atoms with Crippen LogP contribution in [0.5, 0.6) is 11.5 Å². The second kappa shape index (κ2) is 8.87. The van der Waals surface area contributed by atoms with Crippen molar-refractivity contribution < 1.29 is 14.6 Å². The van der Waals surface area contributed by atoms with Crippen LogP contribution < -0.4 is 15.5 Å². The highest BCUT2D eigenvalue weighted by atomic mass is 79.9. The molecule has 2 rings (SSSR count). The summed E-state index contributed by atoms with van der Waals surface area (Å²) < 4.78 is 6.92. The number of nitrogens with zero attached hydrogens (tertiary/aromatic N) is 1. The van der Waals surface area contributed by atoms with Crippen molar-refractivity contribution in [2.45, 2.75) is 13.8 Å². The van der Waals surface area contributed by atoms with E-state index in [9.17, 15) is 9.90 Å². The molecule has 8 heteroatoms. The normalized spacial score (nSPS) is 10.7. The molecule has 0 aliphatic heterocycles. The zero-order valence-electron chi connectivity index (χ0n) is 13.6. The Morgan fingerprint density at radius 2 is 2.04 bits per heavy atom. The number of hydrogen-bond donors (Lipinski definition) is 3. The van der Waals surface area contributed by atoms with Gasteiger partial charge in [0.15, 0.2) is 11.5 Å². The number of ether oxygens (including phenoxy) is 1. The van der Waals surface area contributed by atoms with Gasteiger partial charge in [-0.3, -0.25) is 0 Å². The first-order valence-electron chi connectivity index (χ1n) is 7.42. The largest absolute Gasteiger partial charge is 0.504 e. The smallest absolute Gasteiger partial charge is 0.339 e. The lowest BCUT2D eigenvalue weighted by Gasteiger charge is -2.08. The highest BCUT2D eigenvalue weighted by Gasteiger charge is 2.07. The number of aryl methyl sites for hydroxylation is 1. The minimum atomic E-state index is -0.460. The van der Waals surface area contributed by atoms with Crippen LogP contribution in [0.15, 0.2) is 44.4 Å². The molecule has 0 aliphatic rings. The Bertz CT molecular complexity index is 810. The number of nitrogens with one attached hydrogen (secondary N) is 2. The topological polar surface area (TPSA) is 83.0 Å². The third-order valence-electron chi connectivity index (χ3n) is 3.16. The number of rotatable bonds is 5. The molecule has 0 aromatic heterocycles. The molecule has 0 bridgehead atoms. The maximum atomic E-state index is 11.9. The number of aromatic hydroxyl groups is 1. The Hall–Kier alpha value is -2.06. The van der Waals surface area contributed by atoms with Gasteiger partial charge in [-0.2, -0.15) is 5.10 Å². The molecule has 0 unspecified atom stereocenters. The predicted octanol–water partition coefficient (Wildman–Crippen LogP) is 4.78. The number of phenolic OH excluding ortho intramolecular Hbond substituents is 1. The van der Waals surface area contributed by atoms with E-state index in [0.29, 0.717) is 28.1 Å². The highest BCUT2D eigenvalue weighted by molar-refractivity contribution is 9.10. The van der Waals surface area contributed by atoms with Gasteiger partial charge in [-0.1, -0.05) is 15.9 Å². The number of phenols is 1. The number of hydrogen-bond acceptors (Lipinski definition) is 4. The van der Waals surface area contributed by atoms with Crippen molar-refractivity contribution in [1.29, 1.82) is 0 Å². The Balaban J connectivity index is 2.01. The predicted molar refractivity (Wildman–Crippen MR) is 106 cm³/mol. The summed E-state index contributed by atoms with van der Waals surface area (Å²) in [6.07, 6.45) is 1.46. The SMILES string of the molecule is CCOc1cc(/C=N/NC(=O)Nc2ccc(Br)c(C)c2)c(Br)cc1O. The van der Waals surface area contributed by atoms with E-state index in [0.717, 1.165) is 10.0 Å². The van der Waals surface area contributed by atoms with Gasteiger partial charge in [0.05, 0.1) is 12.8 Å². The minimum absolute atomic E-state index is 0.0298. The van der Waals surface area contributed by atoms with E-state index in [-0.39, 0.29) is 5.75 Å². The minimum Gasteiger partial charge on any atom is -0.504 e. The summed E-state index contributed by atoms with van der Waals surface area (Å²) in [5.74, 6) is 0.379. The zero-order valence-corrected chi connectivity index (χ0v) is 16.8. The molecule has 0 spiro atoms. The van der Waals surface area contributed by atoms with Crippen LogP contribution in [-0.2, 0) is 0 Å². The molecule has 0 aliphatic carbocycles. The molecule has 2 aromatic carbocycles. The van der Waals surface area contributed by atoms with Crippen LogP contribution in [0.2, 0.25) is 0 Å². The van der Waals surface area contributed by atoms with Gasteiger partial charge in [-0.15, -0.1) is 0 Å². The molecule has 0 radical (unpaired) electrons. The first-order valence-corrected chi connectivity index (χ1v) is 9.00. The molecular formula is C17H17Br2N3O3. The van der Waals surface area contributed by atoms with Crippen molar-refractivity contribution >= 4 is 49.8 Å². The van der Waals surface area contributed by atoms with Gasteiger partial charge in [0.1, 0.15) is 0 Å². The lowest BCUT2D eigenvalue weighted by Crippen LogP contribution is -2.24. The summed E-state index contributed by atoms with van der Waals surface area (Å²) in [6.45, 7) is 4.19. The zero-order chi connectivity index (χ0) is 18.4. The molecular weight excluding hydrogens is 454 g/mol. The number of carbonyl (C=O) groups excluding carboxylic acids is 1. The average molecular weight is 471 g/mol. The van der Waals surface area contributed by atoms with E-state index in [2.05, 4.69) is 47.7 Å². The maximum absolute atomic E-state index is 11.9. The summed E-state index contributed by atoms with van der Waals surface area (Å²) in [6, 6.07) is 8.17. The lowest BCUT2D eigenvalue weighted by atomic mass is 10.2. The van der Waals surface area contributed by atoms with Crippen LogP contribution in [0.25, 0.3) is 0 Å². The molecule has 0 atom stereocenters. The van der Waals surface area contributed by atoms with Crippen molar-refractivity contribution in [2.24, 2.45) is 5.10 Å². The summed E-state index contributed by atoms with van der Waals surface area (Å²) in [5.41, 5.74) is 4.72. The highest BCUT2D eigenvalue weighted by Crippen LogP contribution is 2.31. The standard InChI is InChI=1S/C17H17Br2N3O3/c1-3-25-16-7-11(14(19)8-15(16)23)9-20-22-17(24)21-12-4-5-13(18)10(2)6-12/h4-9,23H,3H2,1-2H3,(H2,21,22,24)/b20-9+. The second-order valence-corrected chi connectivity index (χ2v) is 6.77. The van der Waals surface area contributed by atoms with Crippen molar-refractivity contribution in [3.8, 4) is 11.5 Å². The van der Waals surface area contributed by atoms with Crippen LogP contribution in [0.1, 0.15) is 18.1 Å². The summed E-state index contributed by atoms with van der Waals surface area (Å²) in [4.78, 5) is 11.9. The summed E-state index contributed by atoms with van der Waals surface area (Å²) in [7, 11) is 0. The van der Waals surface area contributed by atoms with Gasteiger partial charge < -0.3 is 15.2 Å². The third kappa shape index (κ3) is 5.47. The molecule has 0 heterocycles. The molecule has 25 heavy (non-hydrogen) atoms. The third-order valence-corrected chi connectivity index (χ3v) is 4.74. The van der Waals surface area contributed by atoms with E-state index >= 15 is 0 Å². The van der Waals surface area contributed by atoms with Gasteiger partial charge in [0, 0.05) is 20.2 Å². The molecule has 0 fully saturated rings. The number of amides is 2. The van der Waals surface area contributed by atoms with Crippen LogP contribution in [0.4, 0.5) is 10.5 Å². The Kier molecular flexibility index (Phi) is 6.83. The van der Waals surface area contributed by atoms with E-state index < -0.39 is 6.03 Å². The fraction of sp³-hybridized carbons (Fsp3) is 0.176. The van der Waals surface area contributed by atoms with Crippen LogP contribution in [0.3, 0.4) is 0 Å². The van der Waals surface area contributed by atoms with Gasteiger partial charge in [-0.05, 0) is 65.7 Å². The molecule has 6 nitrogen and oxygen atoms in total. The van der Waals surface area contributed by atoms with Gasteiger partial charge in [0.2, 0.25) is 0 Å². The first kappa shape index (κ1) is 19.3. The van der Waals surface area contributed by atoms with Crippen LogP contribution >= 0.6 is 31.9 Å². The van der Waals surface area contributed by atoms with E-state index in [1.54, 1.807) is 12.1 Å². The van der Waals surface area contributed by atoms with Crippen LogP contribution in [-0.4, -0.2) is 24.0 Å². The van der Waals surface area contributed by atoms with Gasteiger partial charge in [0.25, 0.3) is 0 Å². The molecule has 132 valence electrons. The Labute approximate surface area is 162 Å². The van der Waals surface area contributed by atoms with Crippen molar-refractivity contribution in [3.63, 3.8) is 0 Å².